The van der Waals surface area contributed by atoms with E-state index in [0.717, 1.165) is 34.2 Å². The van der Waals surface area contributed by atoms with E-state index in [9.17, 15) is 4.79 Å². The van der Waals surface area contributed by atoms with Gasteiger partial charge in [-0.2, -0.15) is 5.26 Å². The first kappa shape index (κ1) is 13.2. The summed E-state index contributed by atoms with van der Waals surface area (Å²) in [6.07, 6.45) is 3.69. The normalized spacial score (nSPS) is 14.0. The van der Waals surface area contributed by atoms with Crippen LogP contribution in [0.2, 0.25) is 0 Å². The molecule has 3 aromatic rings. The number of ketones is 1. The van der Waals surface area contributed by atoms with E-state index in [1.54, 1.807) is 6.20 Å². The number of pyridine rings is 1. The third kappa shape index (κ3) is 2.30. The number of thiophene rings is 1. The Balaban J connectivity index is 1.78. The maximum atomic E-state index is 12.2. The minimum Gasteiger partial charge on any atom is -0.294 e. The van der Waals surface area contributed by atoms with Crippen molar-refractivity contribution in [3.63, 3.8) is 0 Å². The fourth-order valence-corrected chi connectivity index (χ4v) is 3.35. The van der Waals surface area contributed by atoms with Gasteiger partial charge in [-0.25, -0.2) is 0 Å². The van der Waals surface area contributed by atoms with E-state index in [0.29, 0.717) is 10.4 Å². The molecule has 1 aromatic carbocycles. The molecule has 3 nitrogen and oxygen atoms in total. The number of hydrogen-bond donors (Lipinski definition) is 0. The highest BCUT2D eigenvalue weighted by atomic mass is 32.1. The van der Waals surface area contributed by atoms with E-state index >= 15 is 0 Å². The van der Waals surface area contributed by atoms with Crippen LogP contribution in [0.15, 0.2) is 42.6 Å². The average Bonchev–Trinajstić information content (AvgIpc) is 3.30. The zero-order chi connectivity index (χ0) is 15.1. The van der Waals surface area contributed by atoms with Crippen LogP contribution in [0.1, 0.15) is 28.1 Å². The van der Waals surface area contributed by atoms with E-state index in [4.69, 9.17) is 5.26 Å². The number of carbonyl (C=O) groups excluding carboxylic acids is 1. The van der Waals surface area contributed by atoms with Crippen molar-refractivity contribution in [2.24, 2.45) is 5.92 Å². The van der Waals surface area contributed by atoms with Crippen LogP contribution in [0.4, 0.5) is 0 Å². The molecule has 0 saturated heterocycles. The molecule has 106 valence electrons. The number of hydrogen-bond acceptors (Lipinski definition) is 4. The lowest BCUT2D eigenvalue weighted by Crippen LogP contribution is -2.01. The Labute approximate surface area is 131 Å². The maximum absolute atomic E-state index is 12.2. The van der Waals surface area contributed by atoms with Crippen molar-refractivity contribution in [1.29, 1.82) is 5.26 Å². The van der Waals surface area contributed by atoms with Gasteiger partial charge in [0.1, 0.15) is 10.9 Å². The molecule has 2 aromatic heterocycles. The first-order valence-corrected chi connectivity index (χ1v) is 8.00. The Bertz CT molecular complexity index is 932. The summed E-state index contributed by atoms with van der Waals surface area (Å²) in [5, 5.41) is 9.91. The molecule has 0 N–H and O–H groups in total. The number of rotatable bonds is 3. The Morgan fingerprint density at radius 3 is 2.82 bits per heavy atom. The Hall–Kier alpha value is -2.51. The Morgan fingerprint density at radius 2 is 2.09 bits per heavy atom. The standard InChI is InChI=1S/C18H12N2OS/c19-9-15-4-6-17(22-15)12-3-5-16-13(7-12)8-14(10-20-16)18(21)11-1-2-11/h3-8,10-11H,1-2H2. The van der Waals surface area contributed by atoms with Gasteiger partial charge in [0.05, 0.1) is 5.52 Å². The summed E-state index contributed by atoms with van der Waals surface area (Å²) in [6.45, 7) is 0. The van der Waals surface area contributed by atoms with Crippen LogP contribution < -0.4 is 0 Å². The predicted octanol–water partition coefficient (Wildman–Crippen LogP) is 4.43. The molecule has 22 heavy (non-hydrogen) atoms. The van der Waals surface area contributed by atoms with Gasteiger partial charge in [0.25, 0.3) is 0 Å². The summed E-state index contributed by atoms with van der Waals surface area (Å²) in [5.41, 5.74) is 2.64. The fraction of sp³-hybridized carbons (Fsp3) is 0.167. The van der Waals surface area contributed by atoms with Crippen LogP contribution in [0.5, 0.6) is 0 Å². The van der Waals surface area contributed by atoms with Crippen molar-refractivity contribution in [3.05, 3.63) is 53.0 Å². The molecule has 0 radical (unpaired) electrons. The monoisotopic (exact) mass is 304 g/mol. The van der Waals surface area contributed by atoms with E-state index < -0.39 is 0 Å². The van der Waals surface area contributed by atoms with Gasteiger partial charge in [0.2, 0.25) is 0 Å². The first-order chi connectivity index (χ1) is 10.7. The minimum atomic E-state index is 0.206. The van der Waals surface area contributed by atoms with Crippen LogP contribution >= 0.6 is 11.3 Å². The highest BCUT2D eigenvalue weighted by Gasteiger charge is 2.30. The number of aromatic nitrogens is 1. The van der Waals surface area contributed by atoms with Gasteiger partial charge in [-0.05, 0) is 48.7 Å². The van der Waals surface area contributed by atoms with Gasteiger partial charge in [-0.3, -0.25) is 9.78 Å². The van der Waals surface area contributed by atoms with E-state index in [1.165, 1.54) is 11.3 Å². The van der Waals surface area contributed by atoms with Crippen LogP contribution in [0.25, 0.3) is 21.3 Å². The highest BCUT2D eigenvalue weighted by molar-refractivity contribution is 7.16. The quantitative estimate of drug-likeness (QED) is 0.673. The number of Topliss-reactive ketones (excluding diaryl/α,β-unsaturated/α-hetero) is 1. The van der Waals surface area contributed by atoms with Gasteiger partial charge >= 0.3 is 0 Å². The summed E-state index contributed by atoms with van der Waals surface area (Å²) in [7, 11) is 0. The molecule has 0 spiro atoms. The molecule has 1 aliphatic rings. The van der Waals surface area contributed by atoms with Gasteiger partial charge < -0.3 is 0 Å². The van der Waals surface area contributed by atoms with Gasteiger partial charge in [-0.15, -0.1) is 11.3 Å². The van der Waals surface area contributed by atoms with Crippen LogP contribution in [0, 0.1) is 17.2 Å². The third-order valence-electron chi connectivity index (χ3n) is 3.91. The summed E-state index contributed by atoms with van der Waals surface area (Å²) >= 11 is 1.47. The number of benzene rings is 1. The molecule has 0 aliphatic heterocycles. The van der Waals surface area contributed by atoms with E-state index in [1.807, 2.05) is 36.4 Å². The van der Waals surface area contributed by atoms with Crippen molar-refractivity contribution < 1.29 is 4.79 Å². The van der Waals surface area contributed by atoms with Crippen molar-refractivity contribution in [1.82, 2.24) is 4.98 Å². The van der Waals surface area contributed by atoms with Gasteiger partial charge in [0.15, 0.2) is 5.78 Å². The van der Waals surface area contributed by atoms with Crippen LogP contribution in [-0.2, 0) is 0 Å². The van der Waals surface area contributed by atoms with E-state index in [-0.39, 0.29) is 11.7 Å². The summed E-state index contributed by atoms with van der Waals surface area (Å²) < 4.78 is 0. The Morgan fingerprint density at radius 1 is 1.23 bits per heavy atom. The predicted molar refractivity (Wildman–Crippen MR) is 86.8 cm³/mol. The Kier molecular flexibility index (Phi) is 3.02. The summed E-state index contributed by atoms with van der Waals surface area (Å²) in [5.74, 6) is 0.417. The third-order valence-corrected chi connectivity index (χ3v) is 4.95. The second-order valence-corrected chi connectivity index (χ2v) is 6.63. The van der Waals surface area contributed by atoms with Crippen molar-refractivity contribution in [2.45, 2.75) is 12.8 Å². The van der Waals surface area contributed by atoms with Crippen molar-refractivity contribution in [3.8, 4) is 16.5 Å². The lowest BCUT2D eigenvalue weighted by molar-refractivity contribution is 0.0967. The molecule has 0 unspecified atom stereocenters. The molecule has 4 rings (SSSR count). The molecule has 0 amide bonds. The molecular weight excluding hydrogens is 292 g/mol. The summed E-state index contributed by atoms with van der Waals surface area (Å²) in [6, 6.07) is 13.9. The van der Waals surface area contributed by atoms with Crippen LogP contribution in [0.3, 0.4) is 0 Å². The lowest BCUT2D eigenvalue weighted by Gasteiger charge is -2.04. The molecule has 0 atom stereocenters. The number of carbonyl (C=O) groups is 1. The fourth-order valence-electron chi connectivity index (χ4n) is 2.55. The molecule has 2 heterocycles. The minimum absolute atomic E-state index is 0.206. The van der Waals surface area contributed by atoms with Gasteiger partial charge in [-0.1, -0.05) is 6.07 Å². The molecule has 4 heteroatoms. The lowest BCUT2D eigenvalue weighted by atomic mass is 10.0. The molecule has 1 fully saturated rings. The topological polar surface area (TPSA) is 53.8 Å². The van der Waals surface area contributed by atoms with E-state index in [2.05, 4.69) is 11.1 Å². The second kappa shape index (κ2) is 5.04. The number of nitrogens with zero attached hydrogens (tertiary/aromatic N) is 2. The maximum Gasteiger partial charge on any atom is 0.167 e. The first-order valence-electron chi connectivity index (χ1n) is 7.19. The highest BCUT2D eigenvalue weighted by Crippen LogP contribution is 2.34. The SMILES string of the molecule is N#Cc1ccc(-c2ccc3ncc(C(=O)C4CC4)cc3c2)s1. The van der Waals surface area contributed by atoms with Crippen LogP contribution in [-0.4, -0.2) is 10.8 Å². The second-order valence-electron chi connectivity index (χ2n) is 5.55. The average molecular weight is 304 g/mol. The zero-order valence-electron chi connectivity index (χ0n) is 11.7. The van der Waals surface area contributed by atoms with Gasteiger partial charge in [0, 0.05) is 27.9 Å². The molecule has 0 bridgehead atoms. The smallest absolute Gasteiger partial charge is 0.167 e. The molecule has 1 saturated carbocycles. The van der Waals surface area contributed by atoms with Crippen molar-refractivity contribution in [2.75, 3.05) is 0 Å². The zero-order valence-corrected chi connectivity index (χ0v) is 12.6. The summed E-state index contributed by atoms with van der Waals surface area (Å²) in [4.78, 5) is 18.3. The molecular formula is C18H12N2OS. The number of fused-ring (bicyclic) bond motifs is 1. The molecule has 1 aliphatic carbocycles. The van der Waals surface area contributed by atoms with Crippen molar-refractivity contribution >= 4 is 28.0 Å². The number of nitriles is 1. The largest absolute Gasteiger partial charge is 0.294 e.